The molecule has 4 heteroatoms. The molecule has 4 bridgehead atoms. The van der Waals surface area contributed by atoms with E-state index in [-0.39, 0.29) is 5.92 Å². The molecule has 2 aliphatic carbocycles. The van der Waals surface area contributed by atoms with Gasteiger partial charge in [0.15, 0.2) is 0 Å². The summed E-state index contributed by atoms with van der Waals surface area (Å²) in [5.41, 5.74) is 2.32. The van der Waals surface area contributed by atoms with Crippen LogP contribution in [-0.4, -0.2) is 32.9 Å². The predicted octanol–water partition coefficient (Wildman–Crippen LogP) is 3.85. The van der Waals surface area contributed by atoms with E-state index in [1.165, 1.54) is 37.7 Å². The molecule has 2 aromatic heterocycles. The number of fused-ring (bicyclic) bond motifs is 1. The summed E-state index contributed by atoms with van der Waals surface area (Å²) in [5.74, 6) is 2.39. The molecule has 126 valence electrons. The van der Waals surface area contributed by atoms with E-state index >= 15 is 0 Å². The van der Waals surface area contributed by atoms with E-state index < -0.39 is 0 Å². The summed E-state index contributed by atoms with van der Waals surface area (Å²) in [6, 6.07) is 3.06. The molecule has 4 nitrogen and oxygen atoms in total. The highest BCUT2D eigenvalue weighted by molar-refractivity contribution is 5.84. The summed E-state index contributed by atoms with van der Waals surface area (Å²) in [6.45, 7) is 2.17. The Balaban J connectivity index is 1.35. The quantitative estimate of drug-likeness (QED) is 0.933. The Kier molecular flexibility index (Phi) is 3.22. The highest BCUT2D eigenvalue weighted by Gasteiger charge is 2.48. The molecule has 1 amide bonds. The van der Waals surface area contributed by atoms with Crippen molar-refractivity contribution >= 4 is 16.8 Å². The molecule has 2 aromatic rings. The van der Waals surface area contributed by atoms with Crippen molar-refractivity contribution in [3.8, 4) is 0 Å². The number of carbonyl (C=O) groups is 1. The van der Waals surface area contributed by atoms with Crippen LogP contribution in [0.15, 0.2) is 24.7 Å². The second kappa shape index (κ2) is 5.33. The van der Waals surface area contributed by atoms with E-state index in [4.69, 9.17) is 0 Å². The maximum Gasteiger partial charge on any atom is 0.223 e. The van der Waals surface area contributed by atoms with E-state index in [0.29, 0.717) is 24.4 Å². The summed E-state index contributed by atoms with van der Waals surface area (Å²) in [6.07, 6.45) is 12.8. The molecular formula is C20H25N3O. The Morgan fingerprint density at radius 2 is 1.96 bits per heavy atom. The summed E-state index contributed by atoms with van der Waals surface area (Å²) in [4.78, 5) is 22.9. The molecule has 4 aliphatic rings. The van der Waals surface area contributed by atoms with Gasteiger partial charge in [0, 0.05) is 48.0 Å². The van der Waals surface area contributed by atoms with Crippen molar-refractivity contribution in [2.75, 3.05) is 0 Å². The molecule has 2 saturated carbocycles. The van der Waals surface area contributed by atoms with Gasteiger partial charge in [-0.05, 0) is 61.5 Å². The first-order valence-electron chi connectivity index (χ1n) is 9.41. The van der Waals surface area contributed by atoms with Gasteiger partial charge in [-0.15, -0.1) is 0 Å². The lowest BCUT2D eigenvalue weighted by Gasteiger charge is -2.56. The second-order valence-electron chi connectivity index (χ2n) is 8.29. The lowest BCUT2D eigenvalue weighted by molar-refractivity contribution is -0.149. The number of amides is 1. The Hall–Kier alpha value is -1.84. The summed E-state index contributed by atoms with van der Waals surface area (Å²) in [5, 5.41) is 1.15. The summed E-state index contributed by atoms with van der Waals surface area (Å²) in [7, 11) is 0. The normalized spacial score (nSPS) is 32.5. The van der Waals surface area contributed by atoms with Crippen LogP contribution in [0, 0.1) is 11.8 Å². The first-order valence-corrected chi connectivity index (χ1v) is 9.41. The minimum absolute atomic E-state index is 0.229. The molecular weight excluding hydrogens is 298 g/mol. The number of rotatable bonds is 3. The fourth-order valence-electron chi connectivity index (χ4n) is 5.81. The maximum atomic E-state index is 13.1. The van der Waals surface area contributed by atoms with Crippen molar-refractivity contribution in [3.05, 3.63) is 30.2 Å². The number of hydrogen-bond acceptors (Lipinski definition) is 2. The number of aromatic amines is 1. The Bertz CT molecular complexity index is 752. The van der Waals surface area contributed by atoms with Gasteiger partial charge in [0.1, 0.15) is 0 Å². The third-order valence-corrected chi connectivity index (χ3v) is 6.69. The van der Waals surface area contributed by atoms with Gasteiger partial charge in [0.2, 0.25) is 5.91 Å². The number of nitrogens with one attached hydrogen (secondary N) is 1. The topological polar surface area (TPSA) is 49.0 Å². The van der Waals surface area contributed by atoms with Gasteiger partial charge >= 0.3 is 0 Å². The summed E-state index contributed by atoms with van der Waals surface area (Å²) < 4.78 is 0. The van der Waals surface area contributed by atoms with Crippen molar-refractivity contribution in [2.24, 2.45) is 11.8 Å². The molecule has 1 unspecified atom stereocenters. The summed E-state index contributed by atoms with van der Waals surface area (Å²) >= 11 is 0. The van der Waals surface area contributed by atoms with Crippen LogP contribution in [0.1, 0.15) is 56.9 Å². The highest BCUT2D eigenvalue weighted by atomic mass is 16.2. The van der Waals surface area contributed by atoms with Gasteiger partial charge in [-0.1, -0.05) is 6.92 Å². The predicted molar refractivity (Wildman–Crippen MR) is 93.6 cm³/mol. The van der Waals surface area contributed by atoms with Crippen molar-refractivity contribution in [2.45, 2.75) is 63.5 Å². The molecule has 0 aromatic carbocycles. The van der Waals surface area contributed by atoms with Crippen LogP contribution in [0.5, 0.6) is 0 Å². The number of aromatic nitrogens is 2. The van der Waals surface area contributed by atoms with Gasteiger partial charge in [-0.25, -0.2) is 0 Å². The number of piperidine rings is 2. The number of nitrogens with zero attached hydrogens (tertiary/aromatic N) is 2. The zero-order valence-corrected chi connectivity index (χ0v) is 14.2. The van der Waals surface area contributed by atoms with Crippen LogP contribution in [0.25, 0.3) is 10.9 Å². The molecule has 1 N–H and O–H groups in total. The largest absolute Gasteiger partial charge is 0.361 e. The highest BCUT2D eigenvalue weighted by Crippen LogP contribution is 2.49. The third kappa shape index (κ3) is 2.19. The lowest BCUT2D eigenvalue weighted by atomic mass is 9.63. The van der Waals surface area contributed by atoms with Crippen molar-refractivity contribution in [3.63, 3.8) is 0 Å². The fraction of sp³-hybridized carbons (Fsp3) is 0.600. The molecule has 1 atom stereocenters. The van der Waals surface area contributed by atoms with Crippen LogP contribution >= 0.6 is 0 Å². The van der Waals surface area contributed by atoms with Crippen molar-refractivity contribution in [1.29, 1.82) is 0 Å². The standard InChI is InChI=1S/C20H25N3O/c1-12(17-11-22-19-2-3-21-10-18(17)19)4-20(24)23-15-6-13-5-14(8-15)9-16(23)7-13/h2-3,10-16,22H,4-9H2,1H3. The number of hydrogen-bond donors (Lipinski definition) is 1. The van der Waals surface area contributed by atoms with Crippen LogP contribution in [0.3, 0.4) is 0 Å². The second-order valence-corrected chi connectivity index (χ2v) is 8.29. The SMILES string of the molecule is CC(CC(=O)N1C2CC3CC(C2)CC1C3)c1c[nH]c2ccncc12. The first kappa shape index (κ1) is 14.5. The molecule has 4 fully saturated rings. The average Bonchev–Trinajstić information content (AvgIpc) is 2.98. The Morgan fingerprint density at radius 3 is 2.67 bits per heavy atom. The van der Waals surface area contributed by atoms with Gasteiger partial charge in [0.25, 0.3) is 0 Å². The van der Waals surface area contributed by atoms with Crippen molar-refractivity contribution < 1.29 is 4.79 Å². The fourth-order valence-corrected chi connectivity index (χ4v) is 5.81. The lowest BCUT2D eigenvalue weighted by Crippen LogP contribution is -2.59. The molecule has 2 saturated heterocycles. The smallest absolute Gasteiger partial charge is 0.223 e. The van der Waals surface area contributed by atoms with Gasteiger partial charge in [-0.2, -0.15) is 0 Å². The van der Waals surface area contributed by atoms with Crippen molar-refractivity contribution in [1.82, 2.24) is 14.9 Å². The van der Waals surface area contributed by atoms with Gasteiger partial charge < -0.3 is 9.88 Å². The van der Waals surface area contributed by atoms with Crippen LogP contribution < -0.4 is 0 Å². The molecule has 0 radical (unpaired) electrons. The van der Waals surface area contributed by atoms with E-state index in [1.807, 2.05) is 12.3 Å². The Labute approximate surface area is 142 Å². The minimum atomic E-state index is 0.229. The number of carbonyl (C=O) groups excluding carboxylic acids is 1. The van der Waals surface area contributed by atoms with Crippen LogP contribution in [-0.2, 0) is 4.79 Å². The van der Waals surface area contributed by atoms with E-state index in [2.05, 4.69) is 28.0 Å². The van der Waals surface area contributed by atoms with E-state index in [9.17, 15) is 4.79 Å². The van der Waals surface area contributed by atoms with E-state index in [0.717, 1.165) is 22.7 Å². The zero-order chi connectivity index (χ0) is 16.3. The monoisotopic (exact) mass is 323 g/mol. The minimum Gasteiger partial charge on any atom is -0.361 e. The maximum absolute atomic E-state index is 13.1. The van der Waals surface area contributed by atoms with Crippen LogP contribution in [0.4, 0.5) is 0 Å². The molecule has 4 heterocycles. The Morgan fingerprint density at radius 1 is 1.25 bits per heavy atom. The molecule has 6 rings (SSSR count). The molecule has 24 heavy (non-hydrogen) atoms. The first-order chi connectivity index (χ1) is 11.7. The average molecular weight is 323 g/mol. The number of pyridine rings is 1. The van der Waals surface area contributed by atoms with E-state index in [1.54, 1.807) is 6.20 Å². The number of H-pyrrole nitrogens is 1. The van der Waals surface area contributed by atoms with Crippen LogP contribution in [0.2, 0.25) is 0 Å². The van der Waals surface area contributed by atoms with Gasteiger partial charge in [0.05, 0.1) is 0 Å². The third-order valence-electron chi connectivity index (χ3n) is 6.69. The zero-order valence-electron chi connectivity index (χ0n) is 14.2. The molecule has 2 aliphatic heterocycles. The van der Waals surface area contributed by atoms with Gasteiger partial charge in [-0.3, -0.25) is 9.78 Å². The molecule has 0 spiro atoms.